The molecule has 1 rings (SSSR count). The molecule has 0 aromatic carbocycles. The third-order valence-corrected chi connectivity index (χ3v) is 2.93. The predicted molar refractivity (Wildman–Crippen MR) is 62.7 cm³/mol. The summed E-state index contributed by atoms with van der Waals surface area (Å²) in [5.74, 6) is 0.838. The minimum absolute atomic E-state index is 0.207. The van der Waals surface area contributed by atoms with Crippen molar-refractivity contribution in [2.24, 2.45) is 5.92 Å². The summed E-state index contributed by atoms with van der Waals surface area (Å²) in [7, 11) is 0. The van der Waals surface area contributed by atoms with Crippen molar-refractivity contribution in [3.63, 3.8) is 0 Å². The van der Waals surface area contributed by atoms with E-state index < -0.39 is 0 Å². The van der Waals surface area contributed by atoms with Crippen LogP contribution in [0, 0.1) is 5.92 Å². The summed E-state index contributed by atoms with van der Waals surface area (Å²) in [6.07, 6.45) is 4.63. The van der Waals surface area contributed by atoms with Gasteiger partial charge in [-0.1, -0.05) is 6.08 Å². The monoisotopic (exact) mass is 210 g/mol. The fourth-order valence-electron chi connectivity index (χ4n) is 2.05. The Morgan fingerprint density at radius 2 is 2.47 bits per heavy atom. The molecule has 3 heteroatoms. The Labute approximate surface area is 92.5 Å². The summed E-state index contributed by atoms with van der Waals surface area (Å²) in [6.45, 7) is 9.53. The minimum atomic E-state index is 0.207. The zero-order chi connectivity index (χ0) is 11.1. The molecule has 1 aliphatic rings. The molecule has 0 spiro atoms. The normalized spacial score (nSPS) is 21.0. The van der Waals surface area contributed by atoms with E-state index >= 15 is 0 Å². The largest absolute Gasteiger partial charge is 0.342 e. The molecule has 1 heterocycles. The summed E-state index contributed by atoms with van der Waals surface area (Å²) in [4.78, 5) is 13.6. The lowest BCUT2D eigenvalue weighted by atomic mass is 9.99. The number of nitrogens with zero attached hydrogens (tertiary/aromatic N) is 1. The third-order valence-electron chi connectivity index (χ3n) is 2.93. The lowest BCUT2D eigenvalue weighted by Crippen LogP contribution is -2.40. The second kappa shape index (κ2) is 6.62. The summed E-state index contributed by atoms with van der Waals surface area (Å²) in [5.41, 5.74) is 0. The number of nitrogens with one attached hydrogen (secondary N) is 1. The Morgan fingerprint density at radius 1 is 1.67 bits per heavy atom. The highest BCUT2D eigenvalue weighted by Crippen LogP contribution is 2.12. The standard InChI is InChI=1S/C12H22N2O/c1-3-6-12(15)14(4-2)10-11-7-5-8-13-9-11/h3,11,13H,1,4-10H2,2H3. The molecule has 0 aromatic heterocycles. The molecule has 0 aliphatic carbocycles. The van der Waals surface area contributed by atoms with Crippen molar-refractivity contribution in [1.82, 2.24) is 10.2 Å². The SMILES string of the molecule is C=CCC(=O)N(CC)CC1CCCNC1. The molecule has 1 atom stereocenters. The zero-order valence-electron chi connectivity index (χ0n) is 9.67. The van der Waals surface area contributed by atoms with Gasteiger partial charge in [0.05, 0.1) is 0 Å². The van der Waals surface area contributed by atoms with Crippen LogP contribution in [0.5, 0.6) is 0 Å². The summed E-state index contributed by atoms with van der Waals surface area (Å²) < 4.78 is 0. The number of piperidine rings is 1. The van der Waals surface area contributed by atoms with E-state index in [9.17, 15) is 4.79 Å². The van der Waals surface area contributed by atoms with Gasteiger partial charge in [0.25, 0.3) is 0 Å². The number of carbonyl (C=O) groups is 1. The Kier molecular flexibility index (Phi) is 5.40. The molecule has 0 radical (unpaired) electrons. The Balaban J connectivity index is 2.37. The van der Waals surface area contributed by atoms with Gasteiger partial charge in [-0.3, -0.25) is 4.79 Å². The molecule has 1 aliphatic heterocycles. The van der Waals surface area contributed by atoms with Crippen LogP contribution in [0.3, 0.4) is 0 Å². The van der Waals surface area contributed by atoms with Crippen LogP contribution in [0.15, 0.2) is 12.7 Å². The highest BCUT2D eigenvalue weighted by Gasteiger charge is 2.18. The molecule has 86 valence electrons. The van der Waals surface area contributed by atoms with Crippen LogP contribution in [0.4, 0.5) is 0 Å². The lowest BCUT2D eigenvalue weighted by molar-refractivity contribution is -0.130. The molecule has 15 heavy (non-hydrogen) atoms. The highest BCUT2D eigenvalue weighted by molar-refractivity contribution is 5.77. The number of rotatable bonds is 5. The van der Waals surface area contributed by atoms with Gasteiger partial charge in [0.1, 0.15) is 0 Å². The van der Waals surface area contributed by atoms with E-state index in [0.717, 1.165) is 26.2 Å². The van der Waals surface area contributed by atoms with Gasteiger partial charge in [-0.25, -0.2) is 0 Å². The predicted octanol–water partition coefficient (Wildman–Crippen LogP) is 1.41. The van der Waals surface area contributed by atoms with Crippen LogP contribution in [0.25, 0.3) is 0 Å². The van der Waals surface area contributed by atoms with Crippen molar-refractivity contribution in [2.75, 3.05) is 26.2 Å². The third kappa shape index (κ3) is 4.04. The van der Waals surface area contributed by atoms with Crippen LogP contribution in [0.1, 0.15) is 26.2 Å². The molecular weight excluding hydrogens is 188 g/mol. The van der Waals surface area contributed by atoms with Crippen LogP contribution in [-0.4, -0.2) is 37.0 Å². The molecule has 0 saturated carbocycles. The van der Waals surface area contributed by atoms with Gasteiger partial charge >= 0.3 is 0 Å². The molecule has 1 amide bonds. The van der Waals surface area contributed by atoms with E-state index in [0.29, 0.717) is 12.3 Å². The van der Waals surface area contributed by atoms with E-state index in [4.69, 9.17) is 0 Å². The number of amides is 1. The quantitative estimate of drug-likeness (QED) is 0.696. The lowest BCUT2D eigenvalue weighted by Gasteiger charge is -2.29. The van der Waals surface area contributed by atoms with E-state index in [-0.39, 0.29) is 5.91 Å². The minimum Gasteiger partial charge on any atom is -0.342 e. The van der Waals surface area contributed by atoms with Gasteiger partial charge < -0.3 is 10.2 Å². The summed E-state index contributed by atoms with van der Waals surface area (Å²) in [6, 6.07) is 0. The molecule has 1 N–H and O–H groups in total. The van der Waals surface area contributed by atoms with Crippen molar-refractivity contribution in [2.45, 2.75) is 26.2 Å². The summed E-state index contributed by atoms with van der Waals surface area (Å²) >= 11 is 0. The topological polar surface area (TPSA) is 32.3 Å². The second-order valence-electron chi connectivity index (χ2n) is 4.14. The van der Waals surface area contributed by atoms with Crippen molar-refractivity contribution in [3.05, 3.63) is 12.7 Å². The van der Waals surface area contributed by atoms with E-state index in [1.807, 2.05) is 11.8 Å². The van der Waals surface area contributed by atoms with Gasteiger partial charge in [0.2, 0.25) is 5.91 Å². The number of hydrogen-bond acceptors (Lipinski definition) is 2. The smallest absolute Gasteiger partial charge is 0.226 e. The molecular formula is C12H22N2O. The van der Waals surface area contributed by atoms with Crippen molar-refractivity contribution in [3.8, 4) is 0 Å². The molecule has 1 saturated heterocycles. The fourth-order valence-corrected chi connectivity index (χ4v) is 2.05. The first-order chi connectivity index (χ1) is 7.27. The Morgan fingerprint density at radius 3 is 3.00 bits per heavy atom. The maximum atomic E-state index is 11.7. The summed E-state index contributed by atoms with van der Waals surface area (Å²) in [5, 5.41) is 3.38. The molecule has 3 nitrogen and oxygen atoms in total. The van der Waals surface area contributed by atoms with E-state index in [2.05, 4.69) is 11.9 Å². The van der Waals surface area contributed by atoms with Crippen LogP contribution < -0.4 is 5.32 Å². The number of hydrogen-bond donors (Lipinski definition) is 1. The fraction of sp³-hybridized carbons (Fsp3) is 0.750. The second-order valence-corrected chi connectivity index (χ2v) is 4.14. The van der Waals surface area contributed by atoms with Gasteiger partial charge in [-0.15, -0.1) is 6.58 Å². The maximum absolute atomic E-state index is 11.7. The average Bonchev–Trinajstić information content (AvgIpc) is 2.27. The first kappa shape index (κ1) is 12.2. The van der Waals surface area contributed by atoms with E-state index in [1.54, 1.807) is 6.08 Å². The van der Waals surface area contributed by atoms with Crippen LogP contribution in [0.2, 0.25) is 0 Å². The average molecular weight is 210 g/mol. The van der Waals surface area contributed by atoms with E-state index in [1.165, 1.54) is 12.8 Å². The van der Waals surface area contributed by atoms with Crippen molar-refractivity contribution >= 4 is 5.91 Å². The number of carbonyl (C=O) groups excluding carboxylic acids is 1. The molecule has 1 fully saturated rings. The van der Waals surface area contributed by atoms with Crippen molar-refractivity contribution in [1.29, 1.82) is 0 Å². The van der Waals surface area contributed by atoms with Gasteiger partial charge in [-0.2, -0.15) is 0 Å². The first-order valence-corrected chi connectivity index (χ1v) is 5.87. The van der Waals surface area contributed by atoms with Gasteiger partial charge in [0.15, 0.2) is 0 Å². The highest BCUT2D eigenvalue weighted by atomic mass is 16.2. The Bertz CT molecular complexity index is 210. The maximum Gasteiger partial charge on any atom is 0.226 e. The Hall–Kier alpha value is -0.830. The van der Waals surface area contributed by atoms with Crippen molar-refractivity contribution < 1.29 is 4.79 Å². The van der Waals surface area contributed by atoms with Crippen LogP contribution >= 0.6 is 0 Å². The first-order valence-electron chi connectivity index (χ1n) is 5.87. The van der Waals surface area contributed by atoms with Gasteiger partial charge in [0, 0.05) is 19.5 Å². The molecule has 0 bridgehead atoms. The molecule has 1 unspecified atom stereocenters. The van der Waals surface area contributed by atoms with Gasteiger partial charge in [-0.05, 0) is 38.8 Å². The molecule has 0 aromatic rings. The van der Waals surface area contributed by atoms with Crippen LogP contribution in [-0.2, 0) is 4.79 Å². The zero-order valence-corrected chi connectivity index (χ0v) is 9.67.